The fourth-order valence-electron chi connectivity index (χ4n) is 2.30. The van der Waals surface area contributed by atoms with Crippen LogP contribution in [0.2, 0.25) is 0 Å². The molecular formula is C15H22O2. The van der Waals surface area contributed by atoms with Crippen molar-refractivity contribution >= 4 is 5.97 Å². The van der Waals surface area contributed by atoms with Crippen LogP contribution in [-0.2, 0) is 9.53 Å². The number of allylic oxidation sites excluding steroid dienone is 1. The molecule has 2 atom stereocenters. The van der Waals surface area contributed by atoms with Crippen LogP contribution in [0.4, 0.5) is 0 Å². The summed E-state index contributed by atoms with van der Waals surface area (Å²) in [5.74, 6) is 3.19. The van der Waals surface area contributed by atoms with E-state index in [9.17, 15) is 4.79 Å². The first-order chi connectivity index (χ1) is 7.83. The summed E-state index contributed by atoms with van der Waals surface area (Å²) in [5, 5.41) is 0. The summed E-state index contributed by atoms with van der Waals surface area (Å²) in [5.41, 5.74) is 0.726. The molecule has 1 fully saturated rings. The van der Waals surface area contributed by atoms with Gasteiger partial charge < -0.3 is 4.74 Å². The normalized spacial score (nSPS) is 24.5. The Morgan fingerprint density at radius 3 is 2.59 bits per heavy atom. The highest BCUT2D eigenvalue weighted by atomic mass is 16.6. The molecule has 0 aliphatic heterocycles. The van der Waals surface area contributed by atoms with Crippen molar-refractivity contribution in [1.82, 2.24) is 0 Å². The first-order valence-electron chi connectivity index (χ1n) is 6.17. The van der Waals surface area contributed by atoms with Crippen LogP contribution in [0.15, 0.2) is 12.2 Å². The first kappa shape index (κ1) is 13.8. The molecule has 1 aliphatic carbocycles. The molecule has 0 aromatic rings. The minimum absolute atomic E-state index is 0.134. The summed E-state index contributed by atoms with van der Waals surface area (Å²) in [7, 11) is 0. The highest BCUT2D eigenvalue weighted by molar-refractivity contribution is 5.70. The molecule has 1 aliphatic rings. The van der Waals surface area contributed by atoms with Crippen molar-refractivity contribution in [2.75, 3.05) is 0 Å². The van der Waals surface area contributed by atoms with E-state index < -0.39 is 5.60 Å². The lowest BCUT2D eigenvalue weighted by Gasteiger charge is -2.21. The van der Waals surface area contributed by atoms with Crippen LogP contribution >= 0.6 is 0 Å². The predicted molar refractivity (Wildman–Crippen MR) is 69.3 cm³/mol. The third kappa shape index (κ3) is 4.26. The number of hydrogen-bond acceptors (Lipinski definition) is 2. The summed E-state index contributed by atoms with van der Waals surface area (Å²) < 4.78 is 5.32. The lowest BCUT2D eigenvalue weighted by molar-refractivity contribution is -0.155. The largest absolute Gasteiger partial charge is 0.460 e. The molecule has 2 unspecified atom stereocenters. The van der Waals surface area contributed by atoms with Crippen LogP contribution in [0, 0.1) is 24.2 Å². The molecular weight excluding hydrogens is 212 g/mol. The molecule has 1 rings (SSSR count). The Morgan fingerprint density at radius 1 is 1.47 bits per heavy atom. The van der Waals surface area contributed by atoms with Gasteiger partial charge in [-0.2, -0.15) is 0 Å². The third-order valence-corrected chi connectivity index (χ3v) is 3.11. The van der Waals surface area contributed by atoms with Crippen LogP contribution in [-0.4, -0.2) is 11.6 Å². The predicted octanol–water partition coefficient (Wildman–Crippen LogP) is 3.32. The maximum Gasteiger partial charge on any atom is 0.306 e. The summed E-state index contributed by atoms with van der Waals surface area (Å²) in [6, 6.07) is 0. The first-order valence-corrected chi connectivity index (χ1v) is 6.17. The van der Waals surface area contributed by atoms with E-state index in [0.717, 1.165) is 24.8 Å². The number of carbonyl (C=O) groups is 1. The lowest BCUT2D eigenvalue weighted by Crippen LogP contribution is -2.25. The second-order valence-electron chi connectivity index (χ2n) is 5.74. The molecule has 0 N–H and O–H groups in total. The van der Waals surface area contributed by atoms with Crippen molar-refractivity contribution in [2.24, 2.45) is 11.8 Å². The molecule has 1 saturated carbocycles. The van der Waals surface area contributed by atoms with Gasteiger partial charge in [-0.25, -0.2) is 0 Å². The zero-order chi connectivity index (χ0) is 13.1. The van der Waals surface area contributed by atoms with Gasteiger partial charge in [0.1, 0.15) is 5.60 Å². The van der Waals surface area contributed by atoms with Gasteiger partial charge in [0.25, 0.3) is 0 Å². The number of carbonyl (C=O) groups excluding carboxylic acids is 1. The van der Waals surface area contributed by atoms with Gasteiger partial charge in [-0.05, 0) is 45.4 Å². The van der Waals surface area contributed by atoms with E-state index in [1.54, 1.807) is 0 Å². The molecule has 2 nitrogen and oxygen atoms in total. The van der Waals surface area contributed by atoms with Gasteiger partial charge in [-0.3, -0.25) is 4.79 Å². The standard InChI is InChI=1S/C15H22O2/c1-6-7-12-8-9-13(11(12)2)10-14(16)17-15(3,4)5/h1,12-13H,2,7-10H2,3-5H3. The van der Waals surface area contributed by atoms with Crippen LogP contribution < -0.4 is 0 Å². The van der Waals surface area contributed by atoms with Gasteiger partial charge in [0.2, 0.25) is 0 Å². The summed E-state index contributed by atoms with van der Waals surface area (Å²) >= 11 is 0. The smallest absolute Gasteiger partial charge is 0.306 e. The zero-order valence-electron chi connectivity index (χ0n) is 11.1. The minimum Gasteiger partial charge on any atom is -0.460 e. The average Bonchev–Trinajstić information content (AvgIpc) is 2.47. The minimum atomic E-state index is -0.408. The quantitative estimate of drug-likeness (QED) is 0.425. The van der Waals surface area contributed by atoms with Gasteiger partial charge in [0.15, 0.2) is 0 Å². The zero-order valence-corrected chi connectivity index (χ0v) is 11.1. The molecule has 2 heteroatoms. The Balaban J connectivity index is 2.47. The molecule has 0 radical (unpaired) electrons. The van der Waals surface area contributed by atoms with Gasteiger partial charge in [0, 0.05) is 6.42 Å². The second kappa shape index (κ2) is 5.40. The van der Waals surface area contributed by atoms with Crippen LogP contribution in [0.5, 0.6) is 0 Å². The average molecular weight is 234 g/mol. The molecule has 0 amide bonds. The molecule has 17 heavy (non-hydrogen) atoms. The fraction of sp³-hybridized carbons (Fsp3) is 0.667. The topological polar surface area (TPSA) is 26.3 Å². The maximum atomic E-state index is 11.7. The van der Waals surface area contributed by atoms with Crippen LogP contribution in [0.3, 0.4) is 0 Å². The van der Waals surface area contributed by atoms with E-state index in [0.29, 0.717) is 12.3 Å². The van der Waals surface area contributed by atoms with Crippen molar-refractivity contribution in [1.29, 1.82) is 0 Å². The molecule has 0 saturated heterocycles. The number of rotatable bonds is 3. The number of hydrogen-bond donors (Lipinski definition) is 0. The molecule has 94 valence electrons. The van der Waals surface area contributed by atoms with Crippen molar-refractivity contribution < 1.29 is 9.53 Å². The van der Waals surface area contributed by atoms with E-state index in [1.165, 1.54) is 0 Å². The highest BCUT2D eigenvalue weighted by Crippen LogP contribution is 2.39. The number of ether oxygens (including phenoxy) is 1. The van der Waals surface area contributed by atoms with E-state index in [2.05, 4.69) is 12.5 Å². The van der Waals surface area contributed by atoms with Crippen molar-refractivity contribution in [3.8, 4) is 12.3 Å². The highest BCUT2D eigenvalue weighted by Gasteiger charge is 2.31. The van der Waals surface area contributed by atoms with E-state index in [-0.39, 0.29) is 11.9 Å². The third-order valence-electron chi connectivity index (χ3n) is 3.11. The molecule has 0 aromatic carbocycles. The van der Waals surface area contributed by atoms with Gasteiger partial charge >= 0.3 is 5.97 Å². The Bertz CT molecular complexity index is 341. The Hall–Kier alpha value is -1.23. The van der Waals surface area contributed by atoms with Crippen molar-refractivity contribution in [3.63, 3.8) is 0 Å². The van der Waals surface area contributed by atoms with Crippen LogP contribution in [0.1, 0.15) is 46.5 Å². The SMILES string of the molecule is C#CCC1CCC(CC(=O)OC(C)(C)C)C1=C. The summed E-state index contributed by atoms with van der Waals surface area (Å²) in [6.45, 7) is 9.74. The number of esters is 1. The van der Waals surface area contributed by atoms with Crippen molar-refractivity contribution in [3.05, 3.63) is 12.2 Å². The van der Waals surface area contributed by atoms with E-state index in [4.69, 9.17) is 11.2 Å². The van der Waals surface area contributed by atoms with E-state index in [1.807, 2.05) is 20.8 Å². The Kier molecular flexibility index (Phi) is 4.40. The fourth-order valence-corrected chi connectivity index (χ4v) is 2.30. The maximum absolute atomic E-state index is 11.7. The molecule has 0 spiro atoms. The van der Waals surface area contributed by atoms with Crippen LogP contribution in [0.25, 0.3) is 0 Å². The van der Waals surface area contributed by atoms with E-state index >= 15 is 0 Å². The monoisotopic (exact) mass is 234 g/mol. The molecule has 0 aromatic heterocycles. The summed E-state index contributed by atoms with van der Waals surface area (Å²) in [6.07, 6.45) is 8.56. The van der Waals surface area contributed by atoms with Gasteiger partial charge in [-0.15, -0.1) is 12.3 Å². The molecule has 0 heterocycles. The number of terminal acetylenes is 1. The second-order valence-corrected chi connectivity index (χ2v) is 5.74. The van der Waals surface area contributed by atoms with Crippen molar-refractivity contribution in [2.45, 2.75) is 52.1 Å². The Morgan fingerprint density at radius 2 is 2.06 bits per heavy atom. The van der Waals surface area contributed by atoms with Gasteiger partial charge in [-0.1, -0.05) is 12.2 Å². The lowest BCUT2D eigenvalue weighted by atomic mass is 9.94. The Labute approximate surface area is 104 Å². The van der Waals surface area contributed by atoms with Gasteiger partial charge in [0.05, 0.1) is 6.42 Å². The summed E-state index contributed by atoms with van der Waals surface area (Å²) in [4.78, 5) is 11.7. The molecule has 0 bridgehead atoms.